The first-order chi connectivity index (χ1) is 8.19. The van der Waals surface area contributed by atoms with E-state index in [1.807, 2.05) is 23.8 Å². The monoisotopic (exact) mass is 233 g/mol. The van der Waals surface area contributed by atoms with E-state index in [1.54, 1.807) is 18.3 Å². The predicted molar refractivity (Wildman–Crippen MR) is 69.8 cm³/mol. The summed E-state index contributed by atoms with van der Waals surface area (Å²) < 4.78 is 1.82. The van der Waals surface area contributed by atoms with Crippen molar-refractivity contribution in [1.29, 1.82) is 0 Å². The molecule has 1 aromatic heterocycles. The van der Waals surface area contributed by atoms with Crippen LogP contribution in [0.4, 0.5) is 5.82 Å². The fourth-order valence-corrected chi connectivity index (χ4v) is 1.36. The Bertz CT molecular complexity index is 418. The normalized spacial score (nSPS) is 13.4. The average molecular weight is 233 g/mol. The fraction of sp³-hybridized carbons (Fsp3) is 0.385. The molecule has 4 nitrogen and oxygen atoms in total. The van der Waals surface area contributed by atoms with Crippen molar-refractivity contribution in [2.45, 2.75) is 33.2 Å². The van der Waals surface area contributed by atoms with Gasteiger partial charge in [-0.05, 0) is 20.3 Å². The Morgan fingerprint density at radius 2 is 2.35 bits per heavy atom. The lowest BCUT2D eigenvalue weighted by molar-refractivity contribution is -0.111. The molecule has 0 saturated heterocycles. The van der Waals surface area contributed by atoms with Crippen LogP contribution in [0.2, 0.25) is 0 Å². The number of hydrogen-bond acceptors (Lipinski definition) is 2. The predicted octanol–water partition coefficient (Wildman–Crippen LogP) is 2.92. The summed E-state index contributed by atoms with van der Waals surface area (Å²) in [6.45, 7) is 6.06. The lowest BCUT2D eigenvalue weighted by Crippen LogP contribution is -2.15. The van der Waals surface area contributed by atoms with Crippen LogP contribution in [-0.4, -0.2) is 15.7 Å². The summed E-state index contributed by atoms with van der Waals surface area (Å²) >= 11 is 0. The zero-order chi connectivity index (χ0) is 12.7. The van der Waals surface area contributed by atoms with E-state index < -0.39 is 0 Å². The summed E-state index contributed by atoms with van der Waals surface area (Å²) in [7, 11) is 0. The average Bonchev–Trinajstić information content (AvgIpc) is 2.76. The number of aromatic nitrogens is 2. The Balaban J connectivity index is 2.68. The van der Waals surface area contributed by atoms with Crippen molar-refractivity contribution in [1.82, 2.24) is 9.78 Å². The van der Waals surface area contributed by atoms with E-state index in [-0.39, 0.29) is 11.9 Å². The minimum absolute atomic E-state index is 0.145. The molecular formula is C13H19N3O. The van der Waals surface area contributed by atoms with Crippen LogP contribution in [-0.2, 0) is 4.79 Å². The van der Waals surface area contributed by atoms with E-state index >= 15 is 0 Å². The highest BCUT2D eigenvalue weighted by Crippen LogP contribution is 2.16. The number of amides is 1. The third-order valence-electron chi connectivity index (χ3n) is 2.48. The molecule has 1 amide bonds. The van der Waals surface area contributed by atoms with Crippen LogP contribution in [0, 0.1) is 0 Å². The van der Waals surface area contributed by atoms with Gasteiger partial charge in [0, 0.05) is 12.1 Å². The van der Waals surface area contributed by atoms with E-state index in [0.29, 0.717) is 0 Å². The molecule has 92 valence electrons. The Hall–Kier alpha value is -1.84. The number of allylic oxidation sites excluding steroid dienone is 3. The Labute approximate surface area is 102 Å². The first-order valence-corrected chi connectivity index (χ1v) is 5.82. The molecule has 0 saturated carbocycles. The zero-order valence-corrected chi connectivity index (χ0v) is 10.6. The Morgan fingerprint density at radius 3 is 3.00 bits per heavy atom. The van der Waals surface area contributed by atoms with Crippen LogP contribution in [0.15, 0.2) is 36.6 Å². The van der Waals surface area contributed by atoms with Gasteiger partial charge in [0.25, 0.3) is 0 Å². The first kappa shape index (κ1) is 13.2. The van der Waals surface area contributed by atoms with Crippen molar-refractivity contribution >= 4 is 11.7 Å². The largest absolute Gasteiger partial charge is 0.307 e. The van der Waals surface area contributed by atoms with Crippen molar-refractivity contribution in [3.63, 3.8) is 0 Å². The fourth-order valence-electron chi connectivity index (χ4n) is 1.36. The molecular weight excluding hydrogens is 214 g/mol. The van der Waals surface area contributed by atoms with Gasteiger partial charge in [-0.3, -0.25) is 4.79 Å². The molecule has 0 aliphatic carbocycles. The van der Waals surface area contributed by atoms with Crippen LogP contribution in [0.3, 0.4) is 0 Å². The van der Waals surface area contributed by atoms with Gasteiger partial charge in [0.05, 0.1) is 12.2 Å². The van der Waals surface area contributed by atoms with Gasteiger partial charge in [-0.15, -0.1) is 0 Å². The summed E-state index contributed by atoms with van der Waals surface area (Å²) in [5.41, 5.74) is 0. The van der Waals surface area contributed by atoms with Crippen molar-refractivity contribution in [2.75, 3.05) is 5.32 Å². The van der Waals surface area contributed by atoms with E-state index in [9.17, 15) is 4.79 Å². The summed E-state index contributed by atoms with van der Waals surface area (Å²) in [5.74, 6) is 0.586. The smallest absolute Gasteiger partial charge is 0.249 e. The zero-order valence-electron chi connectivity index (χ0n) is 10.6. The van der Waals surface area contributed by atoms with Crippen molar-refractivity contribution < 1.29 is 4.79 Å². The number of hydrogen-bond donors (Lipinski definition) is 1. The minimum Gasteiger partial charge on any atom is -0.307 e. The second-order valence-corrected chi connectivity index (χ2v) is 3.79. The lowest BCUT2D eigenvalue weighted by atomic mass is 10.3. The van der Waals surface area contributed by atoms with Gasteiger partial charge in [0.15, 0.2) is 0 Å². The van der Waals surface area contributed by atoms with Gasteiger partial charge < -0.3 is 5.32 Å². The molecule has 1 rings (SSSR count). The molecule has 1 N–H and O–H groups in total. The van der Waals surface area contributed by atoms with Gasteiger partial charge >= 0.3 is 0 Å². The maximum Gasteiger partial charge on any atom is 0.249 e. The third kappa shape index (κ3) is 3.90. The molecule has 0 aromatic carbocycles. The highest BCUT2D eigenvalue weighted by atomic mass is 16.1. The molecule has 4 heteroatoms. The van der Waals surface area contributed by atoms with Gasteiger partial charge in [-0.1, -0.05) is 25.2 Å². The van der Waals surface area contributed by atoms with E-state index in [2.05, 4.69) is 24.3 Å². The Morgan fingerprint density at radius 1 is 1.59 bits per heavy atom. The molecule has 1 atom stereocenters. The molecule has 1 aromatic rings. The Kier molecular flexibility index (Phi) is 5.20. The lowest BCUT2D eigenvalue weighted by Gasteiger charge is -2.13. The van der Waals surface area contributed by atoms with E-state index in [0.717, 1.165) is 12.2 Å². The van der Waals surface area contributed by atoms with E-state index in [4.69, 9.17) is 0 Å². The summed E-state index contributed by atoms with van der Waals surface area (Å²) in [4.78, 5) is 11.6. The van der Waals surface area contributed by atoms with Crippen LogP contribution in [0.1, 0.15) is 33.2 Å². The van der Waals surface area contributed by atoms with Gasteiger partial charge in [0.2, 0.25) is 5.91 Å². The maximum atomic E-state index is 11.6. The molecule has 0 aliphatic heterocycles. The van der Waals surface area contributed by atoms with E-state index in [1.165, 1.54) is 6.08 Å². The molecule has 0 bridgehead atoms. The van der Waals surface area contributed by atoms with Crippen LogP contribution in [0.5, 0.6) is 0 Å². The summed E-state index contributed by atoms with van der Waals surface area (Å²) in [5, 5.41) is 7.01. The van der Waals surface area contributed by atoms with Crippen LogP contribution >= 0.6 is 0 Å². The van der Waals surface area contributed by atoms with Gasteiger partial charge in [-0.2, -0.15) is 5.10 Å². The summed E-state index contributed by atoms with van der Waals surface area (Å²) in [6.07, 6.45) is 9.54. The third-order valence-corrected chi connectivity index (χ3v) is 2.48. The van der Waals surface area contributed by atoms with Crippen LogP contribution < -0.4 is 5.32 Å². The second-order valence-electron chi connectivity index (χ2n) is 3.79. The number of nitrogens with zero attached hydrogens (tertiary/aromatic N) is 2. The second kappa shape index (κ2) is 6.68. The highest BCUT2D eigenvalue weighted by Gasteiger charge is 2.09. The molecule has 0 spiro atoms. The highest BCUT2D eigenvalue weighted by molar-refractivity contribution is 5.98. The number of rotatable bonds is 5. The quantitative estimate of drug-likeness (QED) is 0.628. The number of carbonyl (C=O) groups is 1. The molecule has 17 heavy (non-hydrogen) atoms. The SMILES string of the molecule is C/C=C/C=C/C(=O)Nc1ccnn1C(C)CC. The minimum atomic E-state index is -0.145. The molecule has 1 unspecified atom stereocenters. The first-order valence-electron chi connectivity index (χ1n) is 5.82. The van der Waals surface area contributed by atoms with Gasteiger partial charge in [0.1, 0.15) is 5.82 Å². The number of anilines is 1. The van der Waals surface area contributed by atoms with Crippen LogP contribution in [0.25, 0.3) is 0 Å². The number of nitrogens with one attached hydrogen (secondary N) is 1. The van der Waals surface area contributed by atoms with Crippen molar-refractivity contribution in [3.05, 3.63) is 36.6 Å². The topological polar surface area (TPSA) is 46.9 Å². The van der Waals surface area contributed by atoms with Crippen molar-refractivity contribution in [3.8, 4) is 0 Å². The molecule has 0 radical (unpaired) electrons. The maximum absolute atomic E-state index is 11.6. The molecule has 0 aliphatic rings. The molecule has 1 heterocycles. The van der Waals surface area contributed by atoms with Crippen molar-refractivity contribution in [2.24, 2.45) is 0 Å². The molecule has 0 fully saturated rings. The standard InChI is InChI=1S/C13H19N3O/c1-4-6-7-8-13(17)15-12-9-10-14-16(12)11(3)5-2/h4,6-11H,5H2,1-3H3,(H,15,17)/b6-4+,8-7+. The number of carbonyl (C=O) groups excluding carboxylic acids is 1. The summed E-state index contributed by atoms with van der Waals surface area (Å²) in [6, 6.07) is 2.08. The van der Waals surface area contributed by atoms with Gasteiger partial charge in [-0.25, -0.2) is 4.68 Å².